The molecule has 2 heterocycles. The van der Waals surface area contributed by atoms with E-state index in [2.05, 4.69) is 20.7 Å². The maximum absolute atomic E-state index is 12.3. The molecule has 1 aromatic heterocycles. The van der Waals surface area contributed by atoms with E-state index in [-0.39, 0.29) is 23.9 Å². The van der Waals surface area contributed by atoms with Gasteiger partial charge in [0, 0.05) is 43.6 Å². The summed E-state index contributed by atoms with van der Waals surface area (Å²) in [6.45, 7) is 4.54. The van der Waals surface area contributed by atoms with E-state index in [1.54, 1.807) is 0 Å². The van der Waals surface area contributed by atoms with Gasteiger partial charge in [-0.05, 0) is 26.8 Å². The van der Waals surface area contributed by atoms with Crippen LogP contribution in [0.4, 0.5) is 0 Å². The highest BCUT2D eigenvalue weighted by Crippen LogP contribution is 2.24. The van der Waals surface area contributed by atoms with Crippen molar-refractivity contribution in [3.63, 3.8) is 0 Å². The zero-order valence-electron chi connectivity index (χ0n) is 16.7. The third-order valence-corrected chi connectivity index (χ3v) is 5.35. The van der Waals surface area contributed by atoms with Crippen molar-refractivity contribution in [2.24, 2.45) is 0 Å². The van der Waals surface area contributed by atoms with Gasteiger partial charge in [0.2, 0.25) is 11.8 Å². The van der Waals surface area contributed by atoms with Crippen LogP contribution in [-0.4, -0.2) is 47.5 Å². The highest BCUT2D eigenvalue weighted by Gasteiger charge is 2.31. The van der Waals surface area contributed by atoms with Crippen molar-refractivity contribution in [1.29, 1.82) is 0 Å². The Kier molecular flexibility index (Phi) is 6.46. The van der Waals surface area contributed by atoms with Crippen molar-refractivity contribution in [3.8, 4) is 11.3 Å². The average Bonchev–Trinajstić information content (AvgIpc) is 3.27. The summed E-state index contributed by atoms with van der Waals surface area (Å²) < 4.78 is 5.39. The Morgan fingerprint density at radius 3 is 2.61 bits per heavy atom. The predicted octanol–water partition coefficient (Wildman–Crippen LogP) is 2.26. The maximum Gasteiger partial charge on any atom is 0.221 e. The number of hydrogen-bond acceptors (Lipinski definition) is 5. The number of aryl methyl sites for hydroxylation is 1. The fourth-order valence-corrected chi connectivity index (χ4v) is 3.57. The number of hydrogen-bond donors (Lipinski definition) is 2. The molecule has 150 valence electrons. The van der Waals surface area contributed by atoms with E-state index >= 15 is 0 Å². The van der Waals surface area contributed by atoms with Crippen LogP contribution in [0.15, 0.2) is 34.9 Å². The molecule has 0 unspecified atom stereocenters. The molecule has 2 aromatic rings. The van der Waals surface area contributed by atoms with Gasteiger partial charge in [-0.25, -0.2) is 0 Å². The number of benzene rings is 1. The van der Waals surface area contributed by atoms with Gasteiger partial charge in [0.1, 0.15) is 5.69 Å². The minimum Gasteiger partial charge on any atom is -0.356 e. The molecule has 1 fully saturated rings. The molecule has 0 saturated carbocycles. The van der Waals surface area contributed by atoms with Gasteiger partial charge in [0.15, 0.2) is 5.76 Å². The lowest BCUT2D eigenvalue weighted by molar-refractivity contribution is -0.122. The minimum absolute atomic E-state index is 0.00286. The van der Waals surface area contributed by atoms with Crippen molar-refractivity contribution in [2.45, 2.75) is 51.7 Å². The number of nitrogens with zero attached hydrogens (tertiary/aromatic N) is 2. The Hall–Kier alpha value is -2.67. The predicted molar refractivity (Wildman–Crippen MR) is 106 cm³/mol. The van der Waals surface area contributed by atoms with Gasteiger partial charge in [-0.1, -0.05) is 35.0 Å². The first-order valence-corrected chi connectivity index (χ1v) is 9.68. The lowest BCUT2D eigenvalue weighted by Gasteiger charge is -2.25. The van der Waals surface area contributed by atoms with Crippen molar-refractivity contribution < 1.29 is 14.1 Å². The summed E-state index contributed by atoms with van der Waals surface area (Å²) in [5, 5.41) is 9.83. The van der Waals surface area contributed by atoms with E-state index in [0.717, 1.165) is 18.4 Å². The molecule has 2 N–H and O–H groups in total. The number of nitrogens with one attached hydrogen (secondary N) is 2. The molecular formula is C21H28N4O3. The number of rotatable bonds is 7. The Balaban J connectivity index is 1.46. The maximum atomic E-state index is 12.3. The monoisotopic (exact) mass is 384 g/mol. The summed E-state index contributed by atoms with van der Waals surface area (Å²) in [6.07, 6.45) is 2.38. The third kappa shape index (κ3) is 5.19. The zero-order chi connectivity index (χ0) is 20.1. The lowest BCUT2D eigenvalue weighted by Crippen LogP contribution is -2.41. The molecule has 1 saturated heterocycles. The molecule has 0 aliphatic carbocycles. The number of aromatic nitrogens is 1. The Morgan fingerprint density at radius 2 is 1.89 bits per heavy atom. The second-order valence-corrected chi connectivity index (χ2v) is 7.52. The summed E-state index contributed by atoms with van der Waals surface area (Å²) in [5.74, 6) is 0.671. The van der Waals surface area contributed by atoms with Gasteiger partial charge in [0.25, 0.3) is 0 Å². The summed E-state index contributed by atoms with van der Waals surface area (Å²) in [4.78, 5) is 25.6. The number of carbonyl (C=O) groups is 2. The topological polar surface area (TPSA) is 87.5 Å². The van der Waals surface area contributed by atoms with Crippen LogP contribution in [0.25, 0.3) is 11.3 Å². The number of likely N-dealkylation sites (tertiary alicyclic amines) is 1. The molecule has 0 bridgehead atoms. The standard InChI is InChI=1S/C21H28N4O3/c1-14-4-6-16(7-5-14)20-10-17(24-28-20)12-23-21(27)11-18-8-9-19(25(18)3)13-22-15(2)26/h4-7,10,18-19H,8-9,11-13H2,1-3H3,(H,22,26)(H,23,27)/t18-,19+/m0/s1. The van der Waals surface area contributed by atoms with Gasteiger partial charge in [-0.15, -0.1) is 0 Å². The van der Waals surface area contributed by atoms with E-state index in [1.165, 1.54) is 12.5 Å². The van der Waals surface area contributed by atoms with E-state index in [0.29, 0.717) is 31.0 Å². The van der Waals surface area contributed by atoms with E-state index in [9.17, 15) is 9.59 Å². The molecule has 2 atom stereocenters. The molecule has 0 radical (unpaired) electrons. The van der Waals surface area contributed by atoms with E-state index in [1.807, 2.05) is 44.3 Å². The number of likely N-dealkylation sites (N-methyl/N-ethyl adjacent to an activating group) is 1. The van der Waals surface area contributed by atoms with Crippen molar-refractivity contribution >= 4 is 11.8 Å². The van der Waals surface area contributed by atoms with Gasteiger partial charge in [-0.2, -0.15) is 0 Å². The first kappa shape index (κ1) is 20.1. The van der Waals surface area contributed by atoms with Gasteiger partial charge >= 0.3 is 0 Å². The molecule has 7 heteroatoms. The number of carbonyl (C=O) groups excluding carboxylic acids is 2. The summed E-state index contributed by atoms with van der Waals surface area (Å²) in [7, 11) is 2.02. The fraction of sp³-hybridized carbons (Fsp3) is 0.476. The Bertz CT molecular complexity index is 815. The van der Waals surface area contributed by atoms with Crippen LogP contribution < -0.4 is 10.6 Å². The van der Waals surface area contributed by atoms with Crippen LogP contribution in [0.2, 0.25) is 0 Å². The fourth-order valence-electron chi connectivity index (χ4n) is 3.57. The van der Waals surface area contributed by atoms with Crippen molar-refractivity contribution in [3.05, 3.63) is 41.6 Å². The Labute approximate surface area is 165 Å². The van der Waals surface area contributed by atoms with Crippen molar-refractivity contribution in [1.82, 2.24) is 20.7 Å². The molecule has 7 nitrogen and oxygen atoms in total. The van der Waals surface area contributed by atoms with Crippen LogP contribution in [-0.2, 0) is 16.1 Å². The summed E-state index contributed by atoms with van der Waals surface area (Å²) in [5.41, 5.74) is 2.85. The second kappa shape index (κ2) is 9.01. The summed E-state index contributed by atoms with van der Waals surface area (Å²) in [6, 6.07) is 10.4. The first-order valence-electron chi connectivity index (χ1n) is 9.68. The highest BCUT2D eigenvalue weighted by molar-refractivity contribution is 5.76. The van der Waals surface area contributed by atoms with Crippen LogP contribution in [0.1, 0.15) is 37.4 Å². The molecule has 28 heavy (non-hydrogen) atoms. The van der Waals surface area contributed by atoms with Gasteiger partial charge in [-0.3, -0.25) is 14.5 Å². The quantitative estimate of drug-likeness (QED) is 0.765. The first-order chi connectivity index (χ1) is 13.4. The van der Waals surface area contributed by atoms with Gasteiger partial charge < -0.3 is 15.2 Å². The lowest BCUT2D eigenvalue weighted by atomic mass is 10.1. The molecule has 1 aliphatic heterocycles. The second-order valence-electron chi connectivity index (χ2n) is 7.52. The molecule has 3 rings (SSSR count). The average molecular weight is 384 g/mol. The molecule has 1 aliphatic rings. The normalized spacial score (nSPS) is 19.5. The van der Waals surface area contributed by atoms with Crippen LogP contribution in [0.3, 0.4) is 0 Å². The SMILES string of the molecule is CC(=O)NC[C@H]1CC[C@@H](CC(=O)NCc2cc(-c3ccc(C)cc3)on2)N1C. The van der Waals surface area contributed by atoms with E-state index < -0.39 is 0 Å². The van der Waals surface area contributed by atoms with Crippen LogP contribution in [0.5, 0.6) is 0 Å². The Morgan fingerprint density at radius 1 is 1.18 bits per heavy atom. The highest BCUT2D eigenvalue weighted by atomic mass is 16.5. The summed E-state index contributed by atoms with van der Waals surface area (Å²) >= 11 is 0. The number of amides is 2. The smallest absolute Gasteiger partial charge is 0.221 e. The molecule has 2 amide bonds. The zero-order valence-corrected chi connectivity index (χ0v) is 16.7. The van der Waals surface area contributed by atoms with Crippen LogP contribution >= 0.6 is 0 Å². The largest absolute Gasteiger partial charge is 0.356 e. The van der Waals surface area contributed by atoms with Crippen LogP contribution in [0, 0.1) is 6.92 Å². The molecular weight excluding hydrogens is 356 g/mol. The van der Waals surface area contributed by atoms with Crippen molar-refractivity contribution in [2.75, 3.05) is 13.6 Å². The minimum atomic E-state index is -0.0211. The molecule has 1 aromatic carbocycles. The van der Waals surface area contributed by atoms with E-state index in [4.69, 9.17) is 4.52 Å². The molecule has 0 spiro atoms. The third-order valence-electron chi connectivity index (χ3n) is 5.35. The van der Waals surface area contributed by atoms with Gasteiger partial charge in [0.05, 0.1) is 6.54 Å².